The second-order valence-corrected chi connectivity index (χ2v) is 9.69. The van der Waals surface area contributed by atoms with E-state index in [1.807, 2.05) is 0 Å². The number of fused-ring (bicyclic) bond motifs is 1. The first-order valence-corrected chi connectivity index (χ1v) is 12.3. The molecule has 0 aromatic heterocycles. The van der Waals surface area contributed by atoms with Crippen LogP contribution in [0.1, 0.15) is 73.0 Å². The van der Waals surface area contributed by atoms with Crippen molar-refractivity contribution in [2.24, 2.45) is 5.92 Å². The zero-order chi connectivity index (χ0) is 22.5. The molecule has 0 radical (unpaired) electrons. The summed E-state index contributed by atoms with van der Waals surface area (Å²) in [6.45, 7) is 12.3. The van der Waals surface area contributed by atoms with Crippen molar-refractivity contribution in [3.63, 3.8) is 0 Å². The molecule has 0 fully saturated rings. The van der Waals surface area contributed by atoms with Crippen molar-refractivity contribution in [3.05, 3.63) is 113 Å². The number of hydrogen-bond donors (Lipinski definition) is 0. The first kappa shape index (κ1) is 22.4. The molecular formula is C31H37N. The summed E-state index contributed by atoms with van der Waals surface area (Å²) in [4.78, 5) is 2.52. The van der Waals surface area contributed by atoms with Gasteiger partial charge in [-0.1, -0.05) is 107 Å². The minimum Gasteiger partial charge on any atom is -0.360 e. The molecule has 0 amide bonds. The SMILES string of the molecule is C=C1c2ccccc2CN1C(CCc1ccc(CCC)cc1)c1ccc(CC(C)C)cc1. The van der Waals surface area contributed by atoms with Crippen molar-refractivity contribution in [2.75, 3.05) is 0 Å². The largest absolute Gasteiger partial charge is 0.360 e. The standard InChI is InChI=1S/C31H37N/c1-5-8-25-11-13-26(14-12-25)17-20-31(28-18-15-27(16-19-28)21-23(2)3)32-22-29-9-6-7-10-30(29)24(32)4/h6-7,9-16,18-19,23,31H,4-5,8,17,20-22H2,1-3H3. The molecule has 1 nitrogen and oxygen atoms in total. The fraction of sp³-hybridized carbons (Fsp3) is 0.355. The van der Waals surface area contributed by atoms with Gasteiger partial charge in [-0.25, -0.2) is 0 Å². The van der Waals surface area contributed by atoms with Gasteiger partial charge in [0.15, 0.2) is 0 Å². The van der Waals surface area contributed by atoms with Crippen LogP contribution < -0.4 is 0 Å². The van der Waals surface area contributed by atoms with Crippen LogP contribution in [0, 0.1) is 5.92 Å². The van der Waals surface area contributed by atoms with Gasteiger partial charge in [-0.05, 0) is 59.4 Å². The normalized spacial score (nSPS) is 14.1. The van der Waals surface area contributed by atoms with Gasteiger partial charge in [0.25, 0.3) is 0 Å². The van der Waals surface area contributed by atoms with E-state index in [1.54, 1.807) is 0 Å². The van der Waals surface area contributed by atoms with Gasteiger partial charge >= 0.3 is 0 Å². The third-order valence-electron chi connectivity index (χ3n) is 6.67. The number of benzene rings is 3. The molecule has 1 aliphatic rings. The van der Waals surface area contributed by atoms with Crippen LogP contribution in [0.15, 0.2) is 79.4 Å². The average molecular weight is 424 g/mol. The van der Waals surface area contributed by atoms with Gasteiger partial charge in [-0.3, -0.25) is 0 Å². The summed E-state index contributed by atoms with van der Waals surface area (Å²) in [7, 11) is 0. The van der Waals surface area contributed by atoms with Crippen LogP contribution in [-0.4, -0.2) is 4.90 Å². The Hall–Kier alpha value is -2.80. The van der Waals surface area contributed by atoms with Crippen LogP contribution in [0.4, 0.5) is 0 Å². The van der Waals surface area contributed by atoms with Crippen molar-refractivity contribution >= 4 is 5.70 Å². The molecule has 1 aliphatic heterocycles. The second-order valence-electron chi connectivity index (χ2n) is 9.69. The Morgan fingerprint density at radius 1 is 0.812 bits per heavy atom. The molecule has 3 aromatic rings. The van der Waals surface area contributed by atoms with Gasteiger partial charge in [0, 0.05) is 17.8 Å². The predicted molar refractivity (Wildman–Crippen MR) is 138 cm³/mol. The van der Waals surface area contributed by atoms with Gasteiger partial charge in [-0.2, -0.15) is 0 Å². The molecular weight excluding hydrogens is 386 g/mol. The summed E-state index contributed by atoms with van der Waals surface area (Å²) in [5, 5.41) is 0. The topological polar surface area (TPSA) is 3.24 Å². The lowest BCUT2D eigenvalue weighted by molar-refractivity contribution is 0.289. The first-order valence-electron chi connectivity index (χ1n) is 12.3. The van der Waals surface area contributed by atoms with Crippen molar-refractivity contribution < 1.29 is 0 Å². The maximum Gasteiger partial charge on any atom is 0.0549 e. The molecule has 4 rings (SSSR count). The van der Waals surface area contributed by atoms with Crippen LogP contribution in [0.3, 0.4) is 0 Å². The Morgan fingerprint density at radius 2 is 1.44 bits per heavy atom. The van der Waals surface area contributed by atoms with Gasteiger partial charge in [0.2, 0.25) is 0 Å². The molecule has 166 valence electrons. The van der Waals surface area contributed by atoms with E-state index >= 15 is 0 Å². The molecule has 3 aromatic carbocycles. The van der Waals surface area contributed by atoms with Crippen LogP contribution >= 0.6 is 0 Å². The van der Waals surface area contributed by atoms with Crippen LogP contribution in [0.5, 0.6) is 0 Å². The number of hydrogen-bond acceptors (Lipinski definition) is 1. The van der Waals surface area contributed by atoms with Gasteiger partial charge in [0.05, 0.1) is 6.04 Å². The summed E-state index contributed by atoms with van der Waals surface area (Å²) in [5.41, 5.74) is 9.55. The van der Waals surface area contributed by atoms with Crippen LogP contribution in [0.25, 0.3) is 5.70 Å². The maximum atomic E-state index is 4.49. The lowest BCUT2D eigenvalue weighted by atomic mass is 9.94. The quantitative estimate of drug-likeness (QED) is 0.337. The van der Waals surface area contributed by atoms with Crippen molar-refractivity contribution in [2.45, 2.75) is 65.5 Å². The minimum absolute atomic E-state index is 0.332. The molecule has 0 bridgehead atoms. The highest BCUT2D eigenvalue weighted by atomic mass is 15.2. The number of nitrogens with zero attached hydrogens (tertiary/aromatic N) is 1. The average Bonchev–Trinajstić information content (AvgIpc) is 3.12. The van der Waals surface area contributed by atoms with E-state index in [-0.39, 0.29) is 0 Å². The lowest BCUT2D eigenvalue weighted by Gasteiger charge is -2.31. The Morgan fingerprint density at radius 3 is 2.06 bits per heavy atom. The van der Waals surface area contributed by atoms with Gasteiger partial charge in [0.1, 0.15) is 0 Å². The van der Waals surface area contributed by atoms with E-state index < -0.39 is 0 Å². The Bertz CT molecular complexity index is 1030. The van der Waals surface area contributed by atoms with Crippen LogP contribution in [-0.2, 0) is 25.8 Å². The summed E-state index contributed by atoms with van der Waals surface area (Å²) in [6.07, 6.45) is 5.66. The van der Waals surface area contributed by atoms with Gasteiger partial charge < -0.3 is 4.90 Å². The zero-order valence-electron chi connectivity index (χ0n) is 20.0. The smallest absolute Gasteiger partial charge is 0.0549 e. The molecule has 1 atom stereocenters. The molecule has 32 heavy (non-hydrogen) atoms. The molecule has 0 spiro atoms. The summed E-state index contributed by atoms with van der Waals surface area (Å²) in [6, 6.07) is 27.7. The fourth-order valence-corrected chi connectivity index (χ4v) is 4.99. The van der Waals surface area contributed by atoms with E-state index in [0.717, 1.165) is 37.9 Å². The molecule has 1 heterocycles. The van der Waals surface area contributed by atoms with E-state index in [9.17, 15) is 0 Å². The van der Waals surface area contributed by atoms with Crippen molar-refractivity contribution in [3.8, 4) is 0 Å². The minimum atomic E-state index is 0.332. The molecule has 0 N–H and O–H groups in total. The zero-order valence-corrected chi connectivity index (χ0v) is 20.0. The summed E-state index contributed by atoms with van der Waals surface area (Å²) >= 11 is 0. The first-order chi connectivity index (χ1) is 15.5. The summed E-state index contributed by atoms with van der Waals surface area (Å²) < 4.78 is 0. The molecule has 0 saturated carbocycles. The highest BCUT2D eigenvalue weighted by molar-refractivity contribution is 5.69. The van der Waals surface area contributed by atoms with Crippen LogP contribution in [0.2, 0.25) is 0 Å². The molecule has 0 aliphatic carbocycles. The second kappa shape index (κ2) is 10.2. The van der Waals surface area contributed by atoms with Gasteiger partial charge in [-0.15, -0.1) is 0 Å². The Kier molecular flexibility index (Phi) is 7.15. The monoisotopic (exact) mass is 423 g/mol. The highest BCUT2D eigenvalue weighted by Crippen LogP contribution is 2.40. The van der Waals surface area contributed by atoms with E-state index in [0.29, 0.717) is 12.0 Å². The van der Waals surface area contributed by atoms with E-state index in [4.69, 9.17) is 0 Å². The third-order valence-corrected chi connectivity index (χ3v) is 6.67. The lowest BCUT2D eigenvalue weighted by Crippen LogP contribution is -2.23. The molecule has 1 heteroatoms. The van der Waals surface area contributed by atoms with Crippen molar-refractivity contribution in [1.82, 2.24) is 4.90 Å². The third kappa shape index (κ3) is 5.15. The maximum absolute atomic E-state index is 4.49. The van der Waals surface area contributed by atoms with Crippen molar-refractivity contribution in [1.29, 1.82) is 0 Å². The number of rotatable bonds is 9. The molecule has 0 saturated heterocycles. The summed E-state index contributed by atoms with van der Waals surface area (Å²) in [5.74, 6) is 0.681. The van der Waals surface area contributed by atoms with E-state index in [1.165, 1.54) is 39.8 Å². The number of aryl methyl sites for hydroxylation is 2. The fourth-order valence-electron chi connectivity index (χ4n) is 4.99. The predicted octanol–water partition coefficient (Wildman–Crippen LogP) is 8.00. The molecule has 1 unspecified atom stereocenters. The highest BCUT2D eigenvalue weighted by Gasteiger charge is 2.29. The van der Waals surface area contributed by atoms with E-state index in [2.05, 4.69) is 105 Å². The Labute approximate surface area is 194 Å². The Balaban J connectivity index is 1.56.